The molecule has 7 nitrogen and oxygen atoms in total. The molecule has 2 N–H and O–H groups in total. The highest BCUT2D eigenvalue weighted by Crippen LogP contribution is 2.33. The van der Waals surface area contributed by atoms with Crippen molar-refractivity contribution in [1.29, 1.82) is 0 Å². The van der Waals surface area contributed by atoms with Crippen LogP contribution in [0.15, 0.2) is 30.5 Å². The number of rotatable bonds is 4. The van der Waals surface area contributed by atoms with E-state index in [-0.39, 0.29) is 5.69 Å². The number of thiazole rings is 1. The fourth-order valence-corrected chi connectivity index (χ4v) is 2.65. The van der Waals surface area contributed by atoms with Gasteiger partial charge in [-0.25, -0.2) is 14.7 Å². The number of hydrogen-bond donors (Lipinski definition) is 1. The molecule has 0 spiro atoms. The van der Waals surface area contributed by atoms with Gasteiger partial charge in [0.15, 0.2) is 5.13 Å². The molecule has 1 heterocycles. The summed E-state index contributed by atoms with van der Waals surface area (Å²) in [5, 5.41) is 11.1. The molecular formula is C13H14N4O3S. The van der Waals surface area contributed by atoms with Gasteiger partial charge >= 0.3 is 6.03 Å². The van der Waals surface area contributed by atoms with Crippen molar-refractivity contribution in [2.75, 3.05) is 4.90 Å². The van der Waals surface area contributed by atoms with Crippen molar-refractivity contribution < 1.29 is 9.72 Å². The van der Waals surface area contributed by atoms with E-state index in [1.807, 2.05) is 13.8 Å². The molecule has 0 aliphatic heterocycles. The number of anilines is 2. The van der Waals surface area contributed by atoms with E-state index in [1.165, 1.54) is 40.5 Å². The SMILES string of the molecule is CC(C)c1cnc(N(C(N)=O)c2ccc([N+](=O)[O-])cc2)s1. The number of non-ortho nitro benzene ring substituents is 1. The van der Waals surface area contributed by atoms with E-state index < -0.39 is 11.0 Å². The summed E-state index contributed by atoms with van der Waals surface area (Å²) in [6.07, 6.45) is 1.70. The fourth-order valence-electron chi connectivity index (χ4n) is 1.70. The van der Waals surface area contributed by atoms with Crippen molar-refractivity contribution in [2.45, 2.75) is 19.8 Å². The van der Waals surface area contributed by atoms with Gasteiger partial charge in [0.2, 0.25) is 0 Å². The van der Waals surface area contributed by atoms with Gasteiger partial charge in [0.25, 0.3) is 5.69 Å². The number of carbonyl (C=O) groups excluding carboxylic acids is 1. The summed E-state index contributed by atoms with van der Waals surface area (Å²) in [6, 6.07) is 4.90. The highest BCUT2D eigenvalue weighted by atomic mass is 32.1. The molecule has 0 radical (unpaired) electrons. The maximum atomic E-state index is 11.7. The first-order chi connectivity index (χ1) is 9.90. The first kappa shape index (κ1) is 14.9. The molecular weight excluding hydrogens is 292 g/mol. The van der Waals surface area contributed by atoms with E-state index in [2.05, 4.69) is 4.98 Å². The predicted octanol–water partition coefficient (Wildman–Crippen LogP) is 3.39. The molecule has 0 aliphatic rings. The predicted molar refractivity (Wildman–Crippen MR) is 81.0 cm³/mol. The molecule has 21 heavy (non-hydrogen) atoms. The second-order valence-electron chi connectivity index (χ2n) is 4.65. The van der Waals surface area contributed by atoms with E-state index in [9.17, 15) is 14.9 Å². The standard InChI is InChI=1S/C13H14N4O3S/c1-8(2)11-7-15-13(21-11)16(12(14)18)9-3-5-10(6-4-9)17(19)20/h3-8H,1-2H3,(H2,14,18). The van der Waals surface area contributed by atoms with Crippen molar-refractivity contribution in [3.8, 4) is 0 Å². The Bertz CT molecular complexity index is 666. The molecule has 0 aliphatic carbocycles. The first-order valence-corrected chi connectivity index (χ1v) is 7.01. The fraction of sp³-hybridized carbons (Fsp3) is 0.231. The third-order valence-electron chi connectivity index (χ3n) is 2.81. The summed E-state index contributed by atoms with van der Waals surface area (Å²) in [6.45, 7) is 4.05. The summed E-state index contributed by atoms with van der Waals surface area (Å²) in [5.74, 6) is 0.294. The number of nitro groups is 1. The van der Waals surface area contributed by atoms with Crippen LogP contribution in [0, 0.1) is 10.1 Å². The molecule has 1 aromatic heterocycles. The van der Waals surface area contributed by atoms with E-state index in [1.54, 1.807) is 6.20 Å². The molecule has 2 amide bonds. The van der Waals surface area contributed by atoms with E-state index in [0.717, 1.165) is 4.88 Å². The lowest BCUT2D eigenvalue weighted by Crippen LogP contribution is -2.31. The Morgan fingerprint density at radius 1 is 1.38 bits per heavy atom. The van der Waals surface area contributed by atoms with Crippen LogP contribution >= 0.6 is 11.3 Å². The number of benzene rings is 1. The minimum Gasteiger partial charge on any atom is -0.351 e. The zero-order chi connectivity index (χ0) is 15.6. The smallest absolute Gasteiger partial charge is 0.325 e. The summed E-state index contributed by atoms with van der Waals surface area (Å²) >= 11 is 1.36. The van der Waals surface area contributed by atoms with Crippen LogP contribution in [0.3, 0.4) is 0 Å². The van der Waals surface area contributed by atoms with Crippen LogP contribution in [-0.2, 0) is 0 Å². The average molecular weight is 306 g/mol. The molecule has 0 saturated heterocycles. The molecule has 2 aromatic rings. The lowest BCUT2D eigenvalue weighted by Gasteiger charge is -2.16. The Hall–Kier alpha value is -2.48. The third kappa shape index (κ3) is 3.16. The number of carbonyl (C=O) groups is 1. The van der Waals surface area contributed by atoms with Crippen molar-refractivity contribution in [3.63, 3.8) is 0 Å². The summed E-state index contributed by atoms with van der Waals surface area (Å²) in [7, 11) is 0. The van der Waals surface area contributed by atoms with Gasteiger partial charge in [0, 0.05) is 23.2 Å². The molecule has 0 unspecified atom stereocenters. The van der Waals surface area contributed by atoms with Gasteiger partial charge in [-0.05, 0) is 18.1 Å². The van der Waals surface area contributed by atoms with Crippen LogP contribution < -0.4 is 10.6 Å². The van der Waals surface area contributed by atoms with Crippen LogP contribution in [0.25, 0.3) is 0 Å². The molecule has 8 heteroatoms. The Balaban J connectivity index is 2.38. The lowest BCUT2D eigenvalue weighted by molar-refractivity contribution is -0.384. The van der Waals surface area contributed by atoms with Crippen molar-refractivity contribution in [3.05, 3.63) is 45.5 Å². The summed E-state index contributed by atoms with van der Waals surface area (Å²) in [5.41, 5.74) is 5.80. The monoisotopic (exact) mass is 306 g/mol. The molecule has 0 bridgehead atoms. The topological polar surface area (TPSA) is 102 Å². The van der Waals surface area contributed by atoms with Crippen LogP contribution in [-0.4, -0.2) is 15.9 Å². The van der Waals surface area contributed by atoms with Crippen LogP contribution in [0.1, 0.15) is 24.6 Å². The molecule has 0 saturated carbocycles. The summed E-state index contributed by atoms with van der Waals surface area (Å²) in [4.78, 5) is 28.3. The molecule has 0 atom stereocenters. The Kier molecular flexibility index (Phi) is 4.18. The number of nitro benzene ring substituents is 1. The largest absolute Gasteiger partial charge is 0.351 e. The Morgan fingerprint density at radius 3 is 2.43 bits per heavy atom. The van der Waals surface area contributed by atoms with Crippen LogP contribution in [0.5, 0.6) is 0 Å². The maximum Gasteiger partial charge on any atom is 0.325 e. The van der Waals surface area contributed by atoms with Gasteiger partial charge in [-0.15, -0.1) is 11.3 Å². The number of primary amides is 1. The number of nitrogens with two attached hydrogens (primary N) is 1. The van der Waals surface area contributed by atoms with Crippen molar-refractivity contribution in [1.82, 2.24) is 4.98 Å². The Labute approximate surface area is 125 Å². The van der Waals surface area contributed by atoms with Gasteiger partial charge in [-0.3, -0.25) is 10.1 Å². The lowest BCUT2D eigenvalue weighted by atomic mass is 10.2. The molecule has 2 rings (SSSR count). The highest BCUT2D eigenvalue weighted by molar-refractivity contribution is 7.15. The second kappa shape index (κ2) is 5.88. The zero-order valence-electron chi connectivity index (χ0n) is 11.5. The van der Waals surface area contributed by atoms with Gasteiger partial charge in [-0.2, -0.15) is 0 Å². The van der Waals surface area contributed by atoms with Crippen LogP contribution in [0.4, 0.5) is 21.3 Å². The molecule has 1 aromatic carbocycles. The number of aromatic nitrogens is 1. The van der Waals surface area contributed by atoms with E-state index >= 15 is 0 Å². The van der Waals surface area contributed by atoms with Crippen LogP contribution in [0.2, 0.25) is 0 Å². The van der Waals surface area contributed by atoms with Gasteiger partial charge in [0.1, 0.15) is 0 Å². The summed E-state index contributed by atoms with van der Waals surface area (Å²) < 4.78 is 0. The quantitative estimate of drug-likeness (QED) is 0.690. The molecule has 0 fully saturated rings. The normalized spacial score (nSPS) is 10.6. The second-order valence-corrected chi connectivity index (χ2v) is 5.69. The highest BCUT2D eigenvalue weighted by Gasteiger charge is 2.20. The van der Waals surface area contributed by atoms with Gasteiger partial charge in [-0.1, -0.05) is 13.8 Å². The van der Waals surface area contributed by atoms with E-state index in [0.29, 0.717) is 16.7 Å². The minimum absolute atomic E-state index is 0.0508. The van der Waals surface area contributed by atoms with Gasteiger partial charge in [0.05, 0.1) is 10.6 Å². The first-order valence-electron chi connectivity index (χ1n) is 6.20. The molecule has 110 valence electrons. The number of amides is 2. The van der Waals surface area contributed by atoms with E-state index in [4.69, 9.17) is 5.73 Å². The minimum atomic E-state index is -0.687. The van der Waals surface area contributed by atoms with Crippen molar-refractivity contribution >= 4 is 33.9 Å². The Morgan fingerprint density at radius 2 is 2.00 bits per heavy atom. The van der Waals surface area contributed by atoms with Crippen molar-refractivity contribution in [2.24, 2.45) is 5.73 Å². The number of nitrogens with zero attached hydrogens (tertiary/aromatic N) is 3. The number of hydrogen-bond acceptors (Lipinski definition) is 5. The third-order valence-corrected chi connectivity index (χ3v) is 4.09. The zero-order valence-corrected chi connectivity index (χ0v) is 12.3. The number of urea groups is 1. The van der Waals surface area contributed by atoms with Gasteiger partial charge < -0.3 is 5.73 Å². The average Bonchev–Trinajstić information content (AvgIpc) is 2.88. The maximum absolute atomic E-state index is 11.7.